The highest BCUT2D eigenvalue weighted by Crippen LogP contribution is 2.10. The molecule has 0 aliphatic carbocycles. The van der Waals surface area contributed by atoms with Gasteiger partial charge in [-0.15, -0.1) is 0 Å². The van der Waals surface area contributed by atoms with E-state index in [4.69, 9.17) is 20.4 Å². The molecule has 0 bridgehead atoms. The lowest BCUT2D eigenvalue weighted by molar-refractivity contribution is 0.562. The van der Waals surface area contributed by atoms with Gasteiger partial charge in [-0.1, -0.05) is 12.1 Å². The Labute approximate surface area is 103 Å². The minimum absolute atomic E-state index is 0.750. The molecule has 0 saturated carbocycles. The summed E-state index contributed by atoms with van der Waals surface area (Å²) in [5, 5.41) is 10.8. The molecule has 0 unspecified atom stereocenters. The van der Waals surface area contributed by atoms with Crippen molar-refractivity contribution in [3.05, 3.63) is 48.8 Å². The summed E-state index contributed by atoms with van der Waals surface area (Å²) in [7, 11) is 0. The van der Waals surface area contributed by atoms with E-state index in [0.29, 0.717) is 0 Å². The molecule has 0 amide bonds. The van der Waals surface area contributed by atoms with Crippen LogP contribution >= 0.6 is 0 Å². The van der Waals surface area contributed by atoms with E-state index < -0.39 is 0 Å². The molecule has 0 aliphatic rings. The molecule has 18 heavy (non-hydrogen) atoms. The Hall–Kier alpha value is -2.94. The molecule has 0 aliphatic heterocycles. The number of pyridine rings is 2. The number of carbonyl (C=O) groups excluding carboxylic acids is 2. The van der Waals surface area contributed by atoms with E-state index in [1.165, 1.54) is 0 Å². The summed E-state index contributed by atoms with van der Waals surface area (Å²) >= 11 is 0. The van der Waals surface area contributed by atoms with Crippen molar-refractivity contribution in [2.24, 2.45) is 0 Å². The Morgan fingerprint density at radius 1 is 0.778 bits per heavy atom. The molecule has 2 N–H and O–H groups in total. The van der Waals surface area contributed by atoms with Gasteiger partial charge in [-0.2, -0.15) is 0 Å². The van der Waals surface area contributed by atoms with E-state index in [0.717, 1.165) is 23.5 Å². The normalized spacial score (nSPS) is 7.33. The summed E-state index contributed by atoms with van der Waals surface area (Å²) in [5.74, 6) is 0. The summed E-state index contributed by atoms with van der Waals surface area (Å²) < 4.78 is 0. The number of nitrogens with zero attached hydrogens (tertiary/aromatic N) is 2. The third kappa shape index (κ3) is 6.53. The first-order chi connectivity index (χ1) is 8.79. The van der Waals surface area contributed by atoms with Crippen LogP contribution < -0.4 is 0 Å². The van der Waals surface area contributed by atoms with E-state index in [1.807, 2.05) is 36.4 Å². The predicted molar refractivity (Wildman–Crippen MR) is 64.3 cm³/mol. The second-order valence-corrected chi connectivity index (χ2v) is 2.63. The van der Waals surface area contributed by atoms with Gasteiger partial charge in [0.25, 0.3) is 0 Å². The Kier molecular flexibility index (Phi) is 8.85. The molecule has 90 valence electrons. The Bertz CT molecular complexity index is 453. The Balaban J connectivity index is 0.000000414. The van der Waals surface area contributed by atoms with Gasteiger partial charge in [-0.05, 0) is 24.3 Å². The Morgan fingerprint density at radius 3 is 1.33 bits per heavy atom. The highest BCUT2D eigenvalue weighted by Gasteiger charge is 1.95. The molecule has 2 aromatic rings. The molecule has 0 aromatic carbocycles. The van der Waals surface area contributed by atoms with E-state index >= 15 is 0 Å². The maximum atomic E-state index is 8.35. The topological polar surface area (TPSA) is 108 Å². The van der Waals surface area contributed by atoms with Gasteiger partial charge in [-0.25, -0.2) is 20.4 Å². The molecule has 2 aromatic heterocycles. The summed E-state index contributed by atoms with van der Waals surface area (Å²) in [5.41, 5.74) is 1.83. The van der Waals surface area contributed by atoms with Crippen molar-refractivity contribution in [1.82, 2.24) is 9.97 Å². The molecule has 0 atom stereocenters. The van der Waals surface area contributed by atoms with Crippen LogP contribution in [-0.4, -0.2) is 22.1 Å². The lowest BCUT2D eigenvalue weighted by Gasteiger charge is -1.96. The molecule has 2 heterocycles. The van der Waals surface area contributed by atoms with Crippen molar-refractivity contribution in [3.8, 4) is 11.4 Å². The number of nitrogens with one attached hydrogen (secondary N) is 2. The van der Waals surface area contributed by atoms with Crippen molar-refractivity contribution in [1.29, 1.82) is 10.8 Å². The van der Waals surface area contributed by atoms with Gasteiger partial charge in [0.05, 0.1) is 11.4 Å². The highest BCUT2D eigenvalue weighted by molar-refractivity contribution is 5.52. The lowest BCUT2D eigenvalue weighted by atomic mass is 10.2. The maximum Gasteiger partial charge on any atom is 0.231 e. The summed E-state index contributed by atoms with van der Waals surface area (Å²) in [4.78, 5) is 25.1. The number of aromatic nitrogens is 2. The van der Waals surface area contributed by atoms with Gasteiger partial charge in [0.2, 0.25) is 12.2 Å². The molecule has 0 saturated heterocycles. The fourth-order valence-corrected chi connectivity index (χ4v) is 1.03. The van der Waals surface area contributed by atoms with E-state index in [-0.39, 0.29) is 0 Å². The van der Waals surface area contributed by atoms with Crippen LogP contribution in [0.25, 0.3) is 11.4 Å². The predicted octanol–water partition coefficient (Wildman–Crippen LogP) is 1.95. The fraction of sp³-hybridized carbons (Fsp3) is 0. The van der Waals surface area contributed by atoms with Crippen LogP contribution in [0.15, 0.2) is 48.8 Å². The molecule has 6 nitrogen and oxygen atoms in total. The zero-order chi connectivity index (χ0) is 13.6. The first kappa shape index (κ1) is 15.1. The molecule has 0 radical (unpaired) electrons. The van der Waals surface area contributed by atoms with Crippen LogP contribution in [0.3, 0.4) is 0 Å². The largest absolute Gasteiger partial charge is 0.255 e. The zero-order valence-electron chi connectivity index (χ0n) is 9.33. The van der Waals surface area contributed by atoms with Gasteiger partial charge in [0.15, 0.2) is 0 Å². The molecule has 6 heteroatoms. The zero-order valence-corrected chi connectivity index (χ0v) is 9.33. The van der Waals surface area contributed by atoms with Gasteiger partial charge in [-0.3, -0.25) is 9.97 Å². The number of rotatable bonds is 1. The van der Waals surface area contributed by atoms with Crippen LogP contribution in [0, 0.1) is 10.8 Å². The molecular formula is C12H10N4O2. The first-order valence-electron chi connectivity index (χ1n) is 4.70. The van der Waals surface area contributed by atoms with Gasteiger partial charge < -0.3 is 0 Å². The van der Waals surface area contributed by atoms with Crippen molar-refractivity contribution >= 4 is 12.2 Å². The number of hydrogen-bond acceptors (Lipinski definition) is 6. The third-order valence-electron chi connectivity index (χ3n) is 1.59. The maximum absolute atomic E-state index is 8.35. The first-order valence-corrected chi connectivity index (χ1v) is 4.70. The quantitative estimate of drug-likeness (QED) is 0.588. The van der Waals surface area contributed by atoms with Crippen LogP contribution in [0.5, 0.6) is 0 Å². The smallest absolute Gasteiger partial charge is 0.231 e. The van der Waals surface area contributed by atoms with Crippen LogP contribution in [0.4, 0.5) is 0 Å². The molecule has 2 rings (SSSR count). The highest BCUT2D eigenvalue weighted by atomic mass is 16.1. The van der Waals surface area contributed by atoms with Gasteiger partial charge >= 0.3 is 0 Å². The number of isocyanates is 2. The van der Waals surface area contributed by atoms with Crippen LogP contribution in [0.1, 0.15) is 0 Å². The standard InChI is InChI=1S/C10H8N2.2CHNO/c1-3-7-11-9(5-1)10-6-2-4-8-12-10;2*2-1-3/h1-8H;2*2H. The fourth-order valence-electron chi connectivity index (χ4n) is 1.03. The summed E-state index contributed by atoms with van der Waals surface area (Å²) in [6, 6.07) is 11.6. The van der Waals surface area contributed by atoms with E-state index in [9.17, 15) is 0 Å². The van der Waals surface area contributed by atoms with Crippen LogP contribution in [0.2, 0.25) is 0 Å². The summed E-state index contributed by atoms with van der Waals surface area (Å²) in [6.45, 7) is 0. The molecule has 0 spiro atoms. The average molecular weight is 242 g/mol. The SMILES string of the molecule is N=C=O.N=C=O.c1ccc(-c2ccccn2)nc1. The van der Waals surface area contributed by atoms with Crippen molar-refractivity contribution in [3.63, 3.8) is 0 Å². The van der Waals surface area contributed by atoms with Crippen molar-refractivity contribution in [2.45, 2.75) is 0 Å². The van der Waals surface area contributed by atoms with Crippen molar-refractivity contribution in [2.75, 3.05) is 0 Å². The van der Waals surface area contributed by atoms with Gasteiger partial charge in [0.1, 0.15) is 0 Å². The average Bonchev–Trinajstić information content (AvgIpc) is 2.43. The monoisotopic (exact) mass is 242 g/mol. The minimum atomic E-state index is 0.750. The second kappa shape index (κ2) is 10.6. The molecule has 0 fully saturated rings. The summed E-state index contributed by atoms with van der Waals surface area (Å²) in [6.07, 6.45) is 5.04. The lowest BCUT2D eigenvalue weighted by Crippen LogP contribution is -1.83. The third-order valence-corrected chi connectivity index (χ3v) is 1.59. The second-order valence-electron chi connectivity index (χ2n) is 2.63. The number of hydrogen-bond donors (Lipinski definition) is 2. The van der Waals surface area contributed by atoms with Gasteiger partial charge in [0, 0.05) is 12.4 Å². The minimum Gasteiger partial charge on any atom is -0.255 e. The van der Waals surface area contributed by atoms with Crippen molar-refractivity contribution < 1.29 is 9.59 Å². The van der Waals surface area contributed by atoms with Crippen LogP contribution in [-0.2, 0) is 9.59 Å². The van der Waals surface area contributed by atoms with E-state index in [1.54, 1.807) is 12.4 Å². The van der Waals surface area contributed by atoms with E-state index in [2.05, 4.69) is 9.97 Å². The Morgan fingerprint density at radius 2 is 1.11 bits per heavy atom. The molecular weight excluding hydrogens is 232 g/mol.